The van der Waals surface area contributed by atoms with E-state index in [-0.39, 0.29) is 17.7 Å². The van der Waals surface area contributed by atoms with Crippen LogP contribution in [0.25, 0.3) is 0 Å². The van der Waals surface area contributed by atoms with Crippen molar-refractivity contribution in [1.82, 2.24) is 9.88 Å². The topological polar surface area (TPSA) is 62.3 Å². The predicted octanol–water partition coefficient (Wildman–Crippen LogP) is 3.70. The van der Waals surface area contributed by atoms with Gasteiger partial charge in [0.2, 0.25) is 5.91 Å². The summed E-state index contributed by atoms with van der Waals surface area (Å²) in [5.41, 5.74) is 0.680. The summed E-state index contributed by atoms with van der Waals surface area (Å²) >= 11 is 4.84. The number of hydrogen-bond acceptors (Lipinski definition) is 4. The number of thiazole rings is 1. The monoisotopic (exact) mass is 407 g/mol. The fourth-order valence-corrected chi connectivity index (χ4v) is 3.67. The van der Waals surface area contributed by atoms with Gasteiger partial charge in [-0.3, -0.25) is 9.59 Å². The summed E-state index contributed by atoms with van der Waals surface area (Å²) in [4.78, 5) is 31.8. The van der Waals surface area contributed by atoms with Gasteiger partial charge in [0.15, 0.2) is 5.13 Å². The first kappa shape index (κ1) is 17.1. The number of amides is 2. The minimum Gasteiger partial charge on any atom is -0.339 e. The van der Waals surface area contributed by atoms with E-state index >= 15 is 0 Å². The molecule has 1 fully saturated rings. The molecule has 1 aromatic carbocycles. The van der Waals surface area contributed by atoms with Gasteiger partial charge in [-0.05, 0) is 44.0 Å². The van der Waals surface area contributed by atoms with Crippen molar-refractivity contribution in [2.24, 2.45) is 5.92 Å². The SMILES string of the molecule is Cc1cnc(NC(=O)C2CCN(C(=O)c3ccc(Br)cc3)CC2)s1. The third kappa shape index (κ3) is 4.02. The standard InChI is InChI=1S/C17H18BrN3O2S/c1-11-10-19-17(24-11)20-15(22)12-6-8-21(9-7-12)16(23)13-2-4-14(18)5-3-13/h2-5,10,12H,6-9H2,1H3,(H,19,20,22). The zero-order chi connectivity index (χ0) is 17.1. The average Bonchev–Trinajstić information content (AvgIpc) is 3.00. The first-order valence-corrected chi connectivity index (χ1v) is 9.42. The third-order valence-electron chi connectivity index (χ3n) is 4.10. The molecule has 0 atom stereocenters. The summed E-state index contributed by atoms with van der Waals surface area (Å²) in [6.07, 6.45) is 3.11. The Morgan fingerprint density at radius 1 is 1.25 bits per heavy atom. The van der Waals surface area contributed by atoms with E-state index in [0.29, 0.717) is 36.6 Å². The number of piperidine rings is 1. The Morgan fingerprint density at radius 2 is 1.92 bits per heavy atom. The van der Waals surface area contributed by atoms with Crippen molar-refractivity contribution in [3.8, 4) is 0 Å². The van der Waals surface area contributed by atoms with Gasteiger partial charge in [0, 0.05) is 40.1 Å². The molecule has 1 N–H and O–H groups in total. The molecule has 0 spiro atoms. The molecule has 1 saturated heterocycles. The molecule has 24 heavy (non-hydrogen) atoms. The first-order valence-electron chi connectivity index (χ1n) is 7.81. The Kier molecular flexibility index (Phi) is 5.30. The number of aryl methyl sites for hydroxylation is 1. The Morgan fingerprint density at radius 3 is 2.50 bits per heavy atom. The largest absolute Gasteiger partial charge is 0.339 e. The maximum Gasteiger partial charge on any atom is 0.253 e. The van der Waals surface area contributed by atoms with Gasteiger partial charge in [0.25, 0.3) is 5.91 Å². The molecule has 0 unspecified atom stereocenters. The maximum atomic E-state index is 12.5. The normalized spacial score (nSPS) is 15.3. The second kappa shape index (κ2) is 7.44. The molecule has 0 radical (unpaired) electrons. The summed E-state index contributed by atoms with van der Waals surface area (Å²) in [7, 11) is 0. The van der Waals surface area contributed by atoms with Crippen LogP contribution in [0.3, 0.4) is 0 Å². The smallest absolute Gasteiger partial charge is 0.253 e. The van der Waals surface area contributed by atoms with E-state index in [1.54, 1.807) is 6.20 Å². The zero-order valence-corrected chi connectivity index (χ0v) is 15.7. The van der Waals surface area contributed by atoms with E-state index < -0.39 is 0 Å². The lowest BCUT2D eigenvalue weighted by Crippen LogP contribution is -2.41. The summed E-state index contributed by atoms with van der Waals surface area (Å²) < 4.78 is 0.951. The van der Waals surface area contributed by atoms with E-state index in [9.17, 15) is 9.59 Å². The maximum absolute atomic E-state index is 12.5. The van der Waals surface area contributed by atoms with Gasteiger partial charge < -0.3 is 10.2 Å². The summed E-state index contributed by atoms with van der Waals surface area (Å²) in [6.45, 7) is 3.16. The number of rotatable bonds is 3. The molecule has 2 amide bonds. The highest BCUT2D eigenvalue weighted by Crippen LogP contribution is 2.23. The molecule has 2 aromatic rings. The van der Waals surface area contributed by atoms with Crippen molar-refractivity contribution in [1.29, 1.82) is 0 Å². The second-order valence-electron chi connectivity index (χ2n) is 5.84. The number of carbonyl (C=O) groups excluding carboxylic acids is 2. The predicted molar refractivity (Wildman–Crippen MR) is 98.3 cm³/mol. The molecule has 2 heterocycles. The number of aromatic nitrogens is 1. The van der Waals surface area contributed by atoms with Gasteiger partial charge >= 0.3 is 0 Å². The quantitative estimate of drug-likeness (QED) is 0.843. The minimum atomic E-state index is -0.0665. The van der Waals surface area contributed by atoms with E-state index in [1.165, 1.54) is 11.3 Å². The van der Waals surface area contributed by atoms with Gasteiger partial charge in [-0.1, -0.05) is 15.9 Å². The third-order valence-corrected chi connectivity index (χ3v) is 5.45. The van der Waals surface area contributed by atoms with E-state index in [4.69, 9.17) is 0 Å². The van der Waals surface area contributed by atoms with Crippen LogP contribution >= 0.6 is 27.3 Å². The van der Waals surface area contributed by atoms with Crippen LogP contribution in [-0.4, -0.2) is 34.8 Å². The molecule has 0 aliphatic carbocycles. The number of nitrogens with one attached hydrogen (secondary N) is 1. The molecule has 7 heteroatoms. The first-order chi connectivity index (χ1) is 11.5. The van der Waals surface area contributed by atoms with Crippen LogP contribution in [0, 0.1) is 12.8 Å². The fraction of sp³-hybridized carbons (Fsp3) is 0.353. The molecule has 0 saturated carbocycles. The van der Waals surface area contributed by atoms with E-state index in [1.807, 2.05) is 36.1 Å². The van der Waals surface area contributed by atoms with Gasteiger partial charge in [-0.2, -0.15) is 0 Å². The van der Waals surface area contributed by atoms with Gasteiger partial charge in [-0.15, -0.1) is 11.3 Å². The Balaban J connectivity index is 1.54. The number of halogens is 1. The van der Waals surface area contributed by atoms with Crippen LogP contribution in [0.4, 0.5) is 5.13 Å². The van der Waals surface area contributed by atoms with E-state index in [2.05, 4.69) is 26.2 Å². The number of anilines is 1. The summed E-state index contributed by atoms with van der Waals surface area (Å²) in [5, 5.41) is 3.52. The number of nitrogens with zero attached hydrogens (tertiary/aromatic N) is 2. The van der Waals surface area contributed by atoms with Gasteiger partial charge in [-0.25, -0.2) is 4.98 Å². The summed E-state index contributed by atoms with van der Waals surface area (Å²) in [6, 6.07) is 7.36. The molecule has 5 nitrogen and oxygen atoms in total. The number of likely N-dealkylation sites (tertiary alicyclic amines) is 1. The molecule has 3 rings (SSSR count). The van der Waals surface area contributed by atoms with Crippen molar-refractivity contribution in [2.45, 2.75) is 19.8 Å². The van der Waals surface area contributed by atoms with Crippen LogP contribution in [0.5, 0.6) is 0 Å². The second-order valence-corrected chi connectivity index (χ2v) is 7.99. The molecule has 1 aromatic heterocycles. The lowest BCUT2D eigenvalue weighted by molar-refractivity contribution is -0.121. The lowest BCUT2D eigenvalue weighted by atomic mass is 9.95. The van der Waals surface area contributed by atoms with Crippen molar-refractivity contribution in [3.05, 3.63) is 45.4 Å². The van der Waals surface area contributed by atoms with Crippen molar-refractivity contribution in [2.75, 3.05) is 18.4 Å². The van der Waals surface area contributed by atoms with Crippen LogP contribution in [0.1, 0.15) is 28.1 Å². The average molecular weight is 408 g/mol. The highest BCUT2D eigenvalue weighted by Gasteiger charge is 2.28. The fourth-order valence-electron chi connectivity index (χ4n) is 2.74. The Labute approximate surface area is 153 Å². The zero-order valence-electron chi connectivity index (χ0n) is 13.3. The number of hydrogen-bond donors (Lipinski definition) is 1. The van der Waals surface area contributed by atoms with Crippen LogP contribution < -0.4 is 5.32 Å². The molecule has 1 aliphatic heterocycles. The Bertz CT molecular complexity index is 737. The molecule has 1 aliphatic rings. The van der Waals surface area contributed by atoms with Crippen LogP contribution in [0.15, 0.2) is 34.9 Å². The molecular weight excluding hydrogens is 390 g/mol. The van der Waals surface area contributed by atoms with Crippen molar-refractivity contribution >= 4 is 44.2 Å². The van der Waals surface area contributed by atoms with Crippen LogP contribution in [-0.2, 0) is 4.79 Å². The summed E-state index contributed by atoms with van der Waals surface area (Å²) in [5.74, 6) is -0.0415. The molecule has 126 valence electrons. The van der Waals surface area contributed by atoms with Crippen LogP contribution in [0.2, 0.25) is 0 Å². The van der Waals surface area contributed by atoms with Gasteiger partial charge in [0.05, 0.1) is 0 Å². The van der Waals surface area contributed by atoms with Crippen molar-refractivity contribution in [3.63, 3.8) is 0 Å². The highest BCUT2D eigenvalue weighted by atomic mass is 79.9. The molecular formula is C17H18BrN3O2S. The highest BCUT2D eigenvalue weighted by molar-refractivity contribution is 9.10. The lowest BCUT2D eigenvalue weighted by Gasteiger charge is -2.31. The number of benzene rings is 1. The van der Waals surface area contributed by atoms with E-state index in [0.717, 1.165) is 9.35 Å². The molecule has 0 bridgehead atoms. The Hall–Kier alpha value is -1.73. The van der Waals surface area contributed by atoms with Crippen molar-refractivity contribution < 1.29 is 9.59 Å². The number of carbonyl (C=O) groups is 2. The van der Waals surface area contributed by atoms with Gasteiger partial charge in [0.1, 0.15) is 0 Å². The minimum absolute atomic E-state index is 0.0000840.